The molecule has 1 heterocycles. The van der Waals surface area contributed by atoms with Crippen LogP contribution in [-0.2, 0) is 19.9 Å². The molecule has 0 aliphatic carbocycles. The standard InChI is InChI=1S/C20H22O4/c1-14-9-10-18(22-2)17(11-14)20(19(21)23-3)12-16(13-24-20)15-7-5-4-6-8-15/h4-11,16H,12-13H2,1-3H3. The van der Waals surface area contributed by atoms with Gasteiger partial charge in [-0.1, -0.05) is 42.0 Å². The van der Waals surface area contributed by atoms with Gasteiger partial charge < -0.3 is 14.2 Å². The van der Waals surface area contributed by atoms with Crippen molar-refractivity contribution < 1.29 is 19.0 Å². The zero-order valence-electron chi connectivity index (χ0n) is 14.2. The second-order valence-electron chi connectivity index (χ2n) is 6.15. The lowest BCUT2D eigenvalue weighted by molar-refractivity contribution is -0.165. The summed E-state index contributed by atoms with van der Waals surface area (Å²) in [6.45, 7) is 2.45. The lowest BCUT2D eigenvalue weighted by Gasteiger charge is -2.28. The van der Waals surface area contributed by atoms with Crippen molar-refractivity contribution >= 4 is 5.97 Å². The Kier molecular flexibility index (Phi) is 4.58. The summed E-state index contributed by atoms with van der Waals surface area (Å²) in [6.07, 6.45) is 0.531. The molecule has 3 rings (SSSR count). The van der Waals surface area contributed by atoms with E-state index in [2.05, 4.69) is 12.1 Å². The zero-order valence-corrected chi connectivity index (χ0v) is 14.2. The highest BCUT2D eigenvalue weighted by atomic mass is 16.6. The molecule has 1 saturated heterocycles. The molecule has 0 aromatic heterocycles. The quantitative estimate of drug-likeness (QED) is 0.806. The van der Waals surface area contributed by atoms with Crippen molar-refractivity contribution in [2.75, 3.05) is 20.8 Å². The second kappa shape index (κ2) is 6.65. The molecule has 1 aliphatic rings. The third-order valence-electron chi connectivity index (χ3n) is 4.64. The van der Waals surface area contributed by atoms with E-state index in [1.807, 2.05) is 43.3 Å². The monoisotopic (exact) mass is 326 g/mol. The van der Waals surface area contributed by atoms with Crippen molar-refractivity contribution in [1.29, 1.82) is 0 Å². The van der Waals surface area contributed by atoms with Crippen LogP contribution in [0.15, 0.2) is 48.5 Å². The summed E-state index contributed by atoms with van der Waals surface area (Å²) in [4.78, 5) is 12.7. The van der Waals surface area contributed by atoms with Crippen LogP contribution in [0.25, 0.3) is 0 Å². The summed E-state index contributed by atoms with van der Waals surface area (Å²) in [5.74, 6) is 0.389. The van der Waals surface area contributed by atoms with Gasteiger partial charge in [-0.3, -0.25) is 0 Å². The third-order valence-corrected chi connectivity index (χ3v) is 4.64. The third kappa shape index (κ3) is 2.78. The van der Waals surface area contributed by atoms with Crippen LogP contribution in [0, 0.1) is 6.92 Å². The maximum absolute atomic E-state index is 12.7. The van der Waals surface area contributed by atoms with Crippen molar-refractivity contribution in [2.45, 2.75) is 24.9 Å². The Morgan fingerprint density at radius 3 is 2.58 bits per heavy atom. The van der Waals surface area contributed by atoms with Crippen molar-refractivity contribution in [3.05, 3.63) is 65.2 Å². The highest BCUT2D eigenvalue weighted by molar-refractivity contribution is 5.83. The van der Waals surface area contributed by atoms with Gasteiger partial charge in [-0.05, 0) is 24.6 Å². The van der Waals surface area contributed by atoms with E-state index < -0.39 is 5.60 Å². The van der Waals surface area contributed by atoms with Crippen molar-refractivity contribution in [2.24, 2.45) is 0 Å². The van der Waals surface area contributed by atoms with E-state index in [-0.39, 0.29) is 11.9 Å². The number of methoxy groups -OCH3 is 2. The number of hydrogen-bond donors (Lipinski definition) is 0. The summed E-state index contributed by atoms with van der Waals surface area (Å²) in [5.41, 5.74) is 1.80. The van der Waals surface area contributed by atoms with Crippen molar-refractivity contribution in [3.8, 4) is 5.75 Å². The minimum absolute atomic E-state index is 0.135. The lowest BCUT2D eigenvalue weighted by Crippen LogP contribution is -2.36. The SMILES string of the molecule is COC(=O)C1(c2cc(C)ccc2OC)CC(c2ccccc2)CO1. The number of rotatable bonds is 4. The fraction of sp³-hybridized carbons (Fsp3) is 0.350. The first-order valence-corrected chi connectivity index (χ1v) is 8.03. The minimum Gasteiger partial charge on any atom is -0.496 e. The number of carbonyl (C=O) groups excluding carboxylic acids is 1. The van der Waals surface area contributed by atoms with Crippen LogP contribution in [0.3, 0.4) is 0 Å². The van der Waals surface area contributed by atoms with Gasteiger partial charge in [0.15, 0.2) is 5.60 Å². The van der Waals surface area contributed by atoms with E-state index in [0.29, 0.717) is 18.8 Å². The van der Waals surface area contributed by atoms with Crippen LogP contribution in [-0.4, -0.2) is 26.8 Å². The van der Waals surface area contributed by atoms with E-state index in [0.717, 1.165) is 16.7 Å². The van der Waals surface area contributed by atoms with E-state index in [4.69, 9.17) is 14.2 Å². The Hall–Kier alpha value is -2.33. The fourth-order valence-corrected chi connectivity index (χ4v) is 3.39. The first-order valence-electron chi connectivity index (χ1n) is 8.03. The van der Waals surface area contributed by atoms with Gasteiger partial charge >= 0.3 is 5.97 Å². The molecule has 2 atom stereocenters. The van der Waals surface area contributed by atoms with Crippen LogP contribution in [0.4, 0.5) is 0 Å². The molecule has 126 valence electrons. The molecular weight excluding hydrogens is 304 g/mol. The van der Waals surface area contributed by atoms with Crippen LogP contribution in [0.5, 0.6) is 5.75 Å². The topological polar surface area (TPSA) is 44.8 Å². The maximum atomic E-state index is 12.7. The number of hydrogen-bond acceptors (Lipinski definition) is 4. The molecule has 24 heavy (non-hydrogen) atoms. The second-order valence-corrected chi connectivity index (χ2v) is 6.15. The number of carbonyl (C=O) groups is 1. The molecular formula is C20H22O4. The molecule has 0 amide bonds. The van der Waals surface area contributed by atoms with Gasteiger partial charge in [0.25, 0.3) is 0 Å². The van der Waals surface area contributed by atoms with Crippen LogP contribution in [0.1, 0.15) is 29.0 Å². The number of benzene rings is 2. The summed E-state index contributed by atoms with van der Waals surface area (Å²) >= 11 is 0. The first kappa shape index (κ1) is 16.5. The van der Waals surface area contributed by atoms with Gasteiger partial charge in [0.1, 0.15) is 5.75 Å². The lowest BCUT2D eigenvalue weighted by atomic mass is 9.83. The number of aryl methyl sites for hydroxylation is 1. The molecule has 2 aromatic carbocycles. The molecule has 4 heteroatoms. The molecule has 1 fully saturated rings. The molecule has 0 spiro atoms. The normalized spacial score (nSPS) is 23.0. The van der Waals surface area contributed by atoms with Gasteiger partial charge in [0.2, 0.25) is 0 Å². The first-order chi connectivity index (χ1) is 11.6. The molecule has 2 aromatic rings. The highest BCUT2D eigenvalue weighted by Crippen LogP contribution is 2.47. The summed E-state index contributed by atoms with van der Waals surface area (Å²) in [7, 11) is 2.99. The van der Waals surface area contributed by atoms with Crippen LogP contribution >= 0.6 is 0 Å². The molecule has 2 unspecified atom stereocenters. The Morgan fingerprint density at radius 2 is 1.92 bits per heavy atom. The predicted octanol–water partition coefficient (Wildman–Crippen LogP) is 3.58. The zero-order chi connectivity index (χ0) is 17.2. The Balaban J connectivity index is 2.05. The number of ether oxygens (including phenoxy) is 3. The van der Waals surface area contributed by atoms with Gasteiger partial charge in [-0.15, -0.1) is 0 Å². The van der Waals surface area contributed by atoms with E-state index in [1.165, 1.54) is 7.11 Å². The molecule has 0 N–H and O–H groups in total. The number of esters is 1. The summed E-state index contributed by atoms with van der Waals surface area (Å²) < 4.78 is 16.7. The summed E-state index contributed by atoms with van der Waals surface area (Å²) in [5, 5.41) is 0. The maximum Gasteiger partial charge on any atom is 0.343 e. The summed E-state index contributed by atoms with van der Waals surface area (Å²) in [6, 6.07) is 15.9. The fourth-order valence-electron chi connectivity index (χ4n) is 3.39. The smallest absolute Gasteiger partial charge is 0.343 e. The average molecular weight is 326 g/mol. The highest BCUT2D eigenvalue weighted by Gasteiger charge is 2.51. The molecule has 0 bridgehead atoms. The van der Waals surface area contributed by atoms with E-state index >= 15 is 0 Å². The van der Waals surface area contributed by atoms with E-state index in [1.54, 1.807) is 7.11 Å². The van der Waals surface area contributed by atoms with Gasteiger partial charge in [0, 0.05) is 17.9 Å². The van der Waals surface area contributed by atoms with Gasteiger partial charge in [-0.25, -0.2) is 4.79 Å². The van der Waals surface area contributed by atoms with Gasteiger partial charge in [0.05, 0.1) is 20.8 Å². The van der Waals surface area contributed by atoms with Crippen LogP contribution < -0.4 is 4.74 Å². The molecule has 0 radical (unpaired) electrons. The van der Waals surface area contributed by atoms with Crippen LogP contribution in [0.2, 0.25) is 0 Å². The Labute approximate surface area is 142 Å². The predicted molar refractivity (Wildman–Crippen MR) is 91.2 cm³/mol. The Bertz CT molecular complexity index is 726. The van der Waals surface area contributed by atoms with E-state index in [9.17, 15) is 4.79 Å². The van der Waals surface area contributed by atoms with Crippen molar-refractivity contribution in [1.82, 2.24) is 0 Å². The van der Waals surface area contributed by atoms with Crippen molar-refractivity contribution in [3.63, 3.8) is 0 Å². The average Bonchev–Trinajstić information content (AvgIpc) is 3.08. The minimum atomic E-state index is -1.13. The largest absolute Gasteiger partial charge is 0.496 e. The van der Waals surface area contributed by atoms with Gasteiger partial charge in [-0.2, -0.15) is 0 Å². The molecule has 4 nitrogen and oxygen atoms in total. The Morgan fingerprint density at radius 1 is 1.17 bits per heavy atom. The molecule has 1 aliphatic heterocycles. The molecule has 0 saturated carbocycles.